The smallest absolute Gasteiger partial charge is 0.175 e. The number of rotatable bonds is 1. The van der Waals surface area contributed by atoms with Gasteiger partial charge in [0, 0.05) is 24.2 Å². The van der Waals surface area contributed by atoms with Crippen molar-refractivity contribution < 1.29 is 0 Å². The van der Waals surface area contributed by atoms with Crippen LogP contribution in [-0.2, 0) is 6.42 Å². The molecule has 17 heavy (non-hydrogen) atoms. The summed E-state index contributed by atoms with van der Waals surface area (Å²) in [6.07, 6.45) is 7.04. The van der Waals surface area contributed by atoms with E-state index in [0.29, 0.717) is 16.7 Å². The Hall–Kier alpha value is -1.81. The quantitative estimate of drug-likeness (QED) is 0.775. The lowest BCUT2D eigenvalue weighted by Crippen LogP contribution is -2.02. The Bertz CT molecular complexity index is 581. The fraction of sp³-hybridized carbons (Fsp3) is 0.167. The Kier molecular flexibility index (Phi) is 2.57. The maximum atomic E-state index is 6.13. The molecule has 0 aromatic carbocycles. The van der Waals surface area contributed by atoms with Crippen molar-refractivity contribution in [1.29, 1.82) is 0 Å². The van der Waals surface area contributed by atoms with Gasteiger partial charge in [-0.1, -0.05) is 11.6 Å². The lowest BCUT2D eigenvalue weighted by Gasteiger charge is -2.11. The summed E-state index contributed by atoms with van der Waals surface area (Å²) < 4.78 is 0. The summed E-state index contributed by atoms with van der Waals surface area (Å²) in [5.74, 6) is 0.638. The van der Waals surface area contributed by atoms with Gasteiger partial charge in [-0.15, -0.1) is 0 Å². The zero-order valence-corrected chi connectivity index (χ0v) is 9.72. The maximum Gasteiger partial charge on any atom is 0.175 e. The summed E-state index contributed by atoms with van der Waals surface area (Å²) in [6, 6.07) is 3.74. The van der Waals surface area contributed by atoms with Gasteiger partial charge in [-0.25, -0.2) is 15.0 Å². The first-order valence-corrected chi connectivity index (χ1v) is 5.72. The number of fused-ring (bicyclic) bond motifs is 1. The molecule has 0 bridgehead atoms. The highest BCUT2D eigenvalue weighted by molar-refractivity contribution is 6.31. The van der Waals surface area contributed by atoms with E-state index >= 15 is 0 Å². The molecule has 1 aliphatic rings. The van der Waals surface area contributed by atoms with Crippen LogP contribution in [0.25, 0.3) is 11.3 Å². The number of aryl methyl sites for hydroxylation is 1. The largest absolute Gasteiger partial charge is 0.265 e. The average Bonchev–Trinajstić information content (AvgIpc) is 2.39. The number of aliphatic imine (C=N–C) groups is 1. The predicted molar refractivity (Wildman–Crippen MR) is 66.7 cm³/mol. The minimum Gasteiger partial charge on any atom is -0.265 e. The topological polar surface area (TPSA) is 51.0 Å². The minimum absolute atomic E-state index is 0.383. The Morgan fingerprint density at radius 3 is 2.76 bits per heavy atom. The van der Waals surface area contributed by atoms with Crippen molar-refractivity contribution in [3.63, 3.8) is 0 Å². The van der Waals surface area contributed by atoms with Crippen LogP contribution >= 0.6 is 11.6 Å². The van der Waals surface area contributed by atoms with Crippen molar-refractivity contribution in [3.05, 3.63) is 35.4 Å². The normalized spacial score (nSPS) is 13.5. The SMILES string of the molecule is Clc1nc2c(nc1-c1ccncc1)CCC=N2. The van der Waals surface area contributed by atoms with Crippen molar-refractivity contribution in [2.75, 3.05) is 0 Å². The van der Waals surface area contributed by atoms with E-state index in [4.69, 9.17) is 11.6 Å². The van der Waals surface area contributed by atoms with Crippen LogP contribution in [-0.4, -0.2) is 21.2 Å². The second-order valence-corrected chi connectivity index (χ2v) is 4.08. The fourth-order valence-corrected chi connectivity index (χ4v) is 1.99. The maximum absolute atomic E-state index is 6.13. The van der Waals surface area contributed by atoms with Crippen LogP contribution in [0.4, 0.5) is 5.82 Å². The Labute approximate surface area is 103 Å². The number of pyridine rings is 1. The molecule has 2 aromatic heterocycles. The molecule has 0 spiro atoms. The van der Waals surface area contributed by atoms with Crippen LogP contribution in [0.2, 0.25) is 5.15 Å². The van der Waals surface area contributed by atoms with Crippen molar-refractivity contribution in [3.8, 4) is 11.3 Å². The lowest BCUT2D eigenvalue weighted by atomic mass is 10.1. The summed E-state index contributed by atoms with van der Waals surface area (Å²) >= 11 is 6.13. The van der Waals surface area contributed by atoms with E-state index in [0.717, 1.165) is 24.1 Å². The van der Waals surface area contributed by atoms with Gasteiger partial charge in [-0.3, -0.25) is 4.98 Å². The van der Waals surface area contributed by atoms with Crippen LogP contribution in [0.5, 0.6) is 0 Å². The zero-order valence-electron chi connectivity index (χ0n) is 8.97. The third kappa shape index (κ3) is 1.91. The molecule has 0 fully saturated rings. The highest BCUT2D eigenvalue weighted by atomic mass is 35.5. The van der Waals surface area contributed by atoms with E-state index < -0.39 is 0 Å². The molecule has 1 aliphatic heterocycles. The highest BCUT2D eigenvalue weighted by Gasteiger charge is 2.14. The van der Waals surface area contributed by atoms with Gasteiger partial charge in [0.25, 0.3) is 0 Å². The molecule has 0 unspecified atom stereocenters. The van der Waals surface area contributed by atoms with Gasteiger partial charge in [0.05, 0.1) is 5.69 Å². The van der Waals surface area contributed by atoms with Crippen LogP contribution in [0.1, 0.15) is 12.1 Å². The van der Waals surface area contributed by atoms with Gasteiger partial charge in [0.15, 0.2) is 11.0 Å². The zero-order chi connectivity index (χ0) is 11.7. The molecule has 3 rings (SSSR count). The first kappa shape index (κ1) is 10.4. The molecule has 4 nitrogen and oxygen atoms in total. The van der Waals surface area contributed by atoms with E-state index in [2.05, 4.69) is 19.9 Å². The minimum atomic E-state index is 0.383. The molecule has 0 saturated heterocycles. The van der Waals surface area contributed by atoms with E-state index in [9.17, 15) is 0 Å². The van der Waals surface area contributed by atoms with E-state index in [1.807, 2.05) is 18.3 Å². The number of halogens is 1. The molecular formula is C12H9ClN4. The third-order valence-corrected chi connectivity index (χ3v) is 2.85. The van der Waals surface area contributed by atoms with E-state index in [1.54, 1.807) is 12.4 Å². The molecule has 0 atom stereocenters. The van der Waals surface area contributed by atoms with Gasteiger partial charge in [-0.05, 0) is 25.0 Å². The summed E-state index contributed by atoms with van der Waals surface area (Å²) in [6.45, 7) is 0. The van der Waals surface area contributed by atoms with Gasteiger partial charge >= 0.3 is 0 Å². The standard InChI is InChI=1S/C12H9ClN4/c13-11-10(8-3-6-14-7-4-8)16-9-2-1-5-15-12(9)17-11/h3-7H,1-2H2. The number of aromatic nitrogens is 3. The Morgan fingerprint density at radius 2 is 1.94 bits per heavy atom. The van der Waals surface area contributed by atoms with Crippen LogP contribution in [0.15, 0.2) is 29.5 Å². The van der Waals surface area contributed by atoms with Crippen molar-refractivity contribution in [2.24, 2.45) is 4.99 Å². The molecule has 0 radical (unpaired) electrons. The monoisotopic (exact) mass is 244 g/mol. The van der Waals surface area contributed by atoms with Crippen molar-refractivity contribution in [2.45, 2.75) is 12.8 Å². The lowest BCUT2D eigenvalue weighted by molar-refractivity contribution is 0.935. The molecule has 2 aromatic rings. The predicted octanol–water partition coefficient (Wildman–Crippen LogP) is 2.84. The average molecular weight is 245 g/mol. The molecule has 0 saturated carbocycles. The van der Waals surface area contributed by atoms with Gasteiger partial charge in [-0.2, -0.15) is 0 Å². The first-order chi connectivity index (χ1) is 8.34. The summed E-state index contributed by atoms with van der Waals surface area (Å²) in [4.78, 5) is 17.0. The second kappa shape index (κ2) is 4.22. The van der Waals surface area contributed by atoms with Gasteiger partial charge < -0.3 is 0 Å². The summed E-state index contributed by atoms with van der Waals surface area (Å²) in [5.41, 5.74) is 2.53. The van der Waals surface area contributed by atoms with Crippen LogP contribution in [0, 0.1) is 0 Å². The number of hydrogen-bond acceptors (Lipinski definition) is 4. The van der Waals surface area contributed by atoms with Gasteiger partial charge in [0.2, 0.25) is 0 Å². The second-order valence-electron chi connectivity index (χ2n) is 3.72. The van der Waals surface area contributed by atoms with Crippen molar-refractivity contribution in [1.82, 2.24) is 15.0 Å². The Balaban J connectivity index is 2.16. The molecule has 0 amide bonds. The molecule has 0 N–H and O–H groups in total. The third-order valence-electron chi connectivity index (χ3n) is 2.58. The first-order valence-electron chi connectivity index (χ1n) is 5.34. The highest BCUT2D eigenvalue weighted by Crippen LogP contribution is 2.29. The van der Waals surface area contributed by atoms with Crippen LogP contribution < -0.4 is 0 Å². The number of nitrogens with zero attached hydrogens (tertiary/aromatic N) is 4. The fourth-order valence-electron chi connectivity index (χ4n) is 1.76. The van der Waals surface area contributed by atoms with Gasteiger partial charge in [0.1, 0.15) is 5.69 Å². The molecule has 0 aliphatic carbocycles. The molecular weight excluding hydrogens is 236 g/mol. The van der Waals surface area contributed by atoms with E-state index in [-0.39, 0.29) is 0 Å². The summed E-state index contributed by atoms with van der Waals surface area (Å²) in [7, 11) is 0. The molecule has 84 valence electrons. The molecule has 3 heterocycles. The van der Waals surface area contributed by atoms with E-state index in [1.165, 1.54) is 0 Å². The van der Waals surface area contributed by atoms with Crippen LogP contribution in [0.3, 0.4) is 0 Å². The number of hydrogen-bond donors (Lipinski definition) is 0. The Morgan fingerprint density at radius 1 is 1.12 bits per heavy atom. The molecule has 5 heteroatoms. The summed E-state index contributed by atoms with van der Waals surface area (Å²) in [5, 5.41) is 0.383. The van der Waals surface area contributed by atoms with Crippen molar-refractivity contribution >= 4 is 23.6 Å².